The van der Waals surface area contributed by atoms with E-state index in [0.717, 1.165) is 64.0 Å². The number of amides is 2. The highest BCUT2D eigenvalue weighted by atomic mass is 16.5. The molecule has 2 aromatic rings. The van der Waals surface area contributed by atoms with Crippen LogP contribution < -0.4 is 5.32 Å². The summed E-state index contributed by atoms with van der Waals surface area (Å²) in [6.45, 7) is 4.43. The van der Waals surface area contributed by atoms with E-state index in [-0.39, 0.29) is 5.91 Å². The van der Waals surface area contributed by atoms with Crippen LogP contribution in [0.3, 0.4) is 0 Å². The number of carbonyl (C=O) groups is 2. The molecule has 3 aliphatic heterocycles. The second kappa shape index (κ2) is 10.7. The molecule has 0 aliphatic carbocycles. The van der Waals surface area contributed by atoms with Gasteiger partial charge < -0.3 is 19.6 Å². The van der Waals surface area contributed by atoms with Crippen molar-refractivity contribution in [3.63, 3.8) is 0 Å². The van der Waals surface area contributed by atoms with Gasteiger partial charge in [-0.2, -0.15) is 4.98 Å². The number of piperidine rings is 2. The monoisotopic (exact) mass is 465 g/mol. The summed E-state index contributed by atoms with van der Waals surface area (Å²) in [5.74, 6) is 2.52. The molecule has 1 aromatic carbocycles. The Morgan fingerprint density at radius 3 is 2.65 bits per heavy atom. The number of hydrogen-bond acceptors (Lipinski definition) is 6. The van der Waals surface area contributed by atoms with Gasteiger partial charge in [0, 0.05) is 57.0 Å². The first-order valence-electron chi connectivity index (χ1n) is 12.8. The predicted molar refractivity (Wildman–Crippen MR) is 128 cm³/mol. The lowest BCUT2D eigenvalue weighted by atomic mass is 9.79. The fraction of sp³-hybridized carbons (Fsp3) is 0.615. The number of aromatic nitrogens is 2. The summed E-state index contributed by atoms with van der Waals surface area (Å²) in [4.78, 5) is 33.9. The van der Waals surface area contributed by atoms with Crippen molar-refractivity contribution in [2.75, 3.05) is 32.7 Å². The summed E-state index contributed by atoms with van der Waals surface area (Å²) in [5.41, 5.74) is 0.911. The van der Waals surface area contributed by atoms with Gasteiger partial charge in [-0.05, 0) is 50.5 Å². The summed E-state index contributed by atoms with van der Waals surface area (Å²) in [5, 5.41) is 7.76. The molecule has 3 atom stereocenters. The molecule has 34 heavy (non-hydrogen) atoms. The summed E-state index contributed by atoms with van der Waals surface area (Å²) < 4.78 is 5.38. The highest BCUT2D eigenvalue weighted by Crippen LogP contribution is 2.31. The van der Waals surface area contributed by atoms with E-state index < -0.39 is 0 Å². The molecule has 4 heterocycles. The van der Waals surface area contributed by atoms with Gasteiger partial charge in [0.05, 0.1) is 0 Å². The van der Waals surface area contributed by atoms with Crippen molar-refractivity contribution >= 4 is 11.8 Å². The Morgan fingerprint density at radius 2 is 1.82 bits per heavy atom. The summed E-state index contributed by atoms with van der Waals surface area (Å²) in [6.07, 6.45) is 6.88. The summed E-state index contributed by atoms with van der Waals surface area (Å²) in [7, 11) is 0. The van der Waals surface area contributed by atoms with E-state index in [4.69, 9.17) is 4.52 Å². The van der Waals surface area contributed by atoms with Crippen LogP contribution in [0, 0.1) is 11.8 Å². The molecule has 2 amide bonds. The van der Waals surface area contributed by atoms with Crippen LogP contribution >= 0.6 is 0 Å². The molecule has 3 aliphatic rings. The standard InChI is InChI=1S/C26H35N5O3/c32-24(30-13-4-5-14-30)10-6-9-22-21-15-19(16-27-22)17-31(18-21)25(33)12-11-23-28-26(29-34-23)20-7-2-1-3-8-20/h1-3,7-8,19,21-22,27H,4-6,9-18H2/t19?,21?,22-/m1/s1. The zero-order valence-corrected chi connectivity index (χ0v) is 19.8. The Morgan fingerprint density at radius 1 is 1.03 bits per heavy atom. The smallest absolute Gasteiger partial charge is 0.227 e. The molecule has 3 fully saturated rings. The van der Waals surface area contributed by atoms with E-state index in [0.29, 0.717) is 54.8 Å². The third-order valence-electron chi connectivity index (χ3n) is 7.58. The average Bonchev–Trinajstić information content (AvgIpc) is 3.57. The van der Waals surface area contributed by atoms with Crippen LogP contribution in [0.15, 0.2) is 34.9 Å². The SMILES string of the molecule is O=C(CCC[C@H]1NCC2CC1CN(C(=O)CCc1nc(-c3ccccc3)no1)C2)N1CCCC1. The lowest BCUT2D eigenvalue weighted by Crippen LogP contribution is -2.57. The molecular formula is C26H35N5O3. The van der Waals surface area contributed by atoms with Crippen LogP contribution in [0.5, 0.6) is 0 Å². The summed E-state index contributed by atoms with van der Waals surface area (Å²) in [6, 6.07) is 10.1. The molecular weight excluding hydrogens is 430 g/mol. The van der Waals surface area contributed by atoms with E-state index in [2.05, 4.69) is 15.5 Å². The van der Waals surface area contributed by atoms with Gasteiger partial charge in [0.1, 0.15) is 0 Å². The normalized spacial score (nSPS) is 24.4. The van der Waals surface area contributed by atoms with Gasteiger partial charge in [-0.3, -0.25) is 9.59 Å². The Hall–Kier alpha value is -2.74. The van der Waals surface area contributed by atoms with Crippen LogP contribution in [0.2, 0.25) is 0 Å². The lowest BCUT2D eigenvalue weighted by molar-refractivity contribution is -0.135. The molecule has 0 saturated carbocycles. The van der Waals surface area contributed by atoms with Crippen LogP contribution in [0.4, 0.5) is 0 Å². The summed E-state index contributed by atoms with van der Waals surface area (Å²) >= 11 is 0. The molecule has 0 spiro atoms. The van der Waals surface area contributed by atoms with Crippen molar-refractivity contribution < 1.29 is 14.1 Å². The minimum atomic E-state index is 0.166. The number of aryl methyl sites for hydroxylation is 1. The van der Waals surface area contributed by atoms with E-state index in [1.54, 1.807) is 0 Å². The Balaban J connectivity index is 1.09. The Kier molecular flexibility index (Phi) is 7.23. The van der Waals surface area contributed by atoms with Crippen LogP contribution in [0.1, 0.15) is 50.8 Å². The average molecular weight is 466 g/mol. The van der Waals surface area contributed by atoms with Crippen molar-refractivity contribution in [2.24, 2.45) is 11.8 Å². The van der Waals surface area contributed by atoms with Crippen molar-refractivity contribution in [2.45, 2.75) is 57.4 Å². The lowest BCUT2D eigenvalue weighted by Gasteiger charge is -2.46. The second-order valence-corrected chi connectivity index (χ2v) is 10.0. The van der Waals surface area contributed by atoms with Gasteiger partial charge in [0.25, 0.3) is 0 Å². The maximum absolute atomic E-state index is 13.0. The first-order valence-corrected chi connectivity index (χ1v) is 12.8. The number of likely N-dealkylation sites (tertiary alicyclic amines) is 2. The topological polar surface area (TPSA) is 91.6 Å². The van der Waals surface area contributed by atoms with Gasteiger partial charge in [0.15, 0.2) is 0 Å². The molecule has 2 bridgehead atoms. The third-order valence-corrected chi connectivity index (χ3v) is 7.58. The number of rotatable bonds is 8. The van der Waals surface area contributed by atoms with Crippen LogP contribution in [-0.2, 0) is 16.0 Å². The molecule has 1 aromatic heterocycles. The first kappa shape index (κ1) is 23.0. The molecule has 3 saturated heterocycles. The number of nitrogens with one attached hydrogen (secondary N) is 1. The molecule has 5 rings (SSSR count). The van der Waals surface area contributed by atoms with Crippen molar-refractivity contribution in [1.82, 2.24) is 25.3 Å². The van der Waals surface area contributed by atoms with E-state index in [1.807, 2.05) is 40.1 Å². The van der Waals surface area contributed by atoms with E-state index in [9.17, 15) is 9.59 Å². The zero-order valence-electron chi connectivity index (χ0n) is 19.8. The maximum Gasteiger partial charge on any atom is 0.227 e. The highest BCUT2D eigenvalue weighted by molar-refractivity contribution is 5.77. The second-order valence-electron chi connectivity index (χ2n) is 10.0. The van der Waals surface area contributed by atoms with E-state index in [1.165, 1.54) is 6.42 Å². The van der Waals surface area contributed by atoms with Gasteiger partial charge in [0.2, 0.25) is 23.5 Å². The number of hydrogen-bond donors (Lipinski definition) is 1. The Labute approximate surface area is 201 Å². The highest BCUT2D eigenvalue weighted by Gasteiger charge is 2.37. The van der Waals surface area contributed by atoms with Gasteiger partial charge in [-0.1, -0.05) is 35.5 Å². The quantitative estimate of drug-likeness (QED) is 0.645. The van der Waals surface area contributed by atoms with Crippen LogP contribution in [-0.4, -0.2) is 70.5 Å². The van der Waals surface area contributed by atoms with Crippen molar-refractivity contribution in [3.05, 3.63) is 36.2 Å². The van der Waals surface area contributed by atoms with Gasteiger partial charge in [-0.25, -0.2) is 0 Å². The molecule has 8 nitrogen and oxygen atoms in total. The molecule has 182 valence electrons. The van der Waals surface area contributed by atoms with Crippen molar-refractivity contribution in [3.8, 4) is 11.4 Å². The van der Waals surface area contributed by atoms with Crippen LogP contribution in [0.25, 0.3) is 11.4 Å². The third kappa shape index (κ3) is 5.49. The van der Waals surface area contributed by atoms with Crippen molar-refractivity contribution in [1.29, 1.82) is 0 Å². The number of carbonyl (C=O) groups excluding carboxylic acids is 2. The minimum absolute atomic E-state index is 0.166. The number of nitrogens with zero attached hydrogens (tertiary/aromatic N) is 4. The molecule has 1 N–H and O–H groups in total. The van der Waals surface area contributed by atoms with E-state index >= 15 is 0 Å². The molecule has 8 heteroatoms. The maximum atomic E-state index is 13.0. The fourth-order valence-corrected chi connectivity index (χ4v) is 5.74. The molecule has 2 unspecified atom stereocenters. The van der Waals surface area contributed by atoms with Gasteiger partial charge >= 0.3 is 0 Å². The predicted octanol–water partition coefficient (Wildman–Crippen LogP) is 2.90. The Bertz CT molecular complexity index is 972. The fourth-order valence-electron chi connectivity index (χ4n) is 5.74. The minimum Gasteiger partial charge on any atom is -0.343 e. The largest absolute Gasteiger partial charge is 0.343 e. The first-order chi connectivity index (χ1) is 16.7. The number of fused-ring (bicyclic) bond motifs is 2. The zero-order chi connectivity index (χ0) is 23.3. The number of benzene rings is 1. The molecule has 0 radical (unpaired) electrons. The van der Waals surface area contributed by atoms with Gasteiger partial charge in [-0.15, -0.1) is 0 Å².